The summed E-state index contributed by atoms with van der Waals surface area (Å²) >= 11 is 0. The Balaban J connectivity index is 2.04. The van der Waals surface area contributed by atoms with Crippen molar-refractivity contribution in [3.63, 3.8) is 0 Å². The molecule has 1 atom stereocenters. The van der Waals surface area contributed by atoms with Crippen LogP contribution in [0.4, 0.5) is 13.2 Å². The molecule has 2 aliphatic rings. The fourth-order valence-electron chi connectivity index (χ4n) is 3.74. The molecule has 152 valence electrons. The number of sulfonamides is 1. The van der Waals surface area contributed by atoms with E-state index in [4.69, 9.17) is 10.9 Å². The summed E-state index contributed by atoms with van der Waals surface area (Å²) in [6.45, 7) is -0.103. The molecule has 2 aromatic carbocycles. The van der Waals surface area contributed by atoms with E-state index in [1.807, 2.05) is 6.07 Å². The van der Waals surface area contributed by atoms with Gasteiger partial charge in [0.05, 0.1) is 5.56 Å². The van der Waals surface area contributed by atoms with Gasteiger partial charge in [-0.2, -0.15) is 18.3 Å². The molecule has 0 saturated carbocycles. The van der Waals surface area contributed by atoms with Gasteiger partial charge in [0.1, 0.15) is 4.90 Å². The third-order valence-corrected chi connectivity index (χ3v) is 5.89. The first-order chi connectivity index (χ1) is 13.6. The van der Waals surface area contributed by atoms with Crippen molar-refractivity contribution in [3.8, 4) is 11.1 Å². The zero-order chi connectivity index (χ0) is 21.0. The second-order valence-corrected chi connectivity index (χ2v) is 8.42. The van der Waals surface area contributed by atoms with E-state index < -0.39 is 26.7 Å². The fourth-order valence-corrected chi connectivity index (χ4v) is 4.72. The minimum absolute atomic E-state index is 0.0275. The van der Waals surface area contributed by atoms with Gasteiger partial charge in [0, 0.05) is 11.6 Å². The third-order valence-electron chi connectivity index (χ3n) is 4.90. The first-order valence-corrected chi connectivity index (χ1v) is 10.2. The number of hydrogen-bond donors (Lipinski definition) is 2. The van der Waals surface area contributed by atoms with Crippen molar-refractivity contribution in [3.05, 3.63) is 52.6 Å². The third kappa shape index (κ3) is 3.56. The predicted octanol–water partition coefficient (Wildman–Crippen LogP) is 2.62. The number of nitrogens with zero attached hydrogens (tertiary/aromatic N) is 3. The lowest BCUT2D eigenvalue weighted by atomic mass is 9.94. The highest BCUT2D eigenvalue weighted by atomic mass is 32.2. The van der Waals surface area contributed by atoms with E-state index in [1.54, 1.807) is 12.1 Å². The lowest BCUT2D eigenvalue weighted by Gasteiger charge is -2.18. The number of rotatable bonds is 3. The van der Waals surface area contributed by atoms with E-state index in [-0.39, 0.29) is 29.7 Å². The second kappa shape index (κ2) is 6.71. The quantitative estimate of drug-likeness (QED) is 0.789. The van der Waals surface area contributed by atoms with Gasteiger partial charge < -0.3 is 5.73 Å². The van der Waals surface area contributed by atoms with E-state index in [2.05, 4.69) is 15.2 Å². The summed E-state index contributed by atoms with van der Waals surface area (Å²) < 4.78 is 65.2. The lowest BCUT2D eigenvalue weighted by Crippen LogP contribution is -2.23. The summed E-state index contributed by atoms with van der Waals surface area (Å²) in [6, 6.07) is 7.24. The molecule has 0 spiro atoms. The number of azo groups is 1. The Bertz CT molecular complexity index is 1170. The average Bonchev–Trinajstić information content (AvgIpc) is 3.26. The Labute approximate surface area is 164 Å². The summed E-state index contributed by atoms with van der Waals surface area (Å²) in [7, 11) is -4.76. The molecule has 0 saturated heterocycles. The van der Waals surface area contributed by atoms with E-state index in [9.17, 15) is 21.6 Å². The first-order valence-electron chi connectivity index (χ1n) is 8.63. The van der Waals surface area contributed by atoms with Crippen molar-refractivity contribution >= 4 is 15.9 Å². The smallest absolute Gasteiger partial charge is 0.327 e. The van der Waals surface area contributed by atoms with Crippen LogP contribution >= 0.6 is 0 Å². The summed E-state index contributed by atoms with van der Waals surface area (Å²) in [5.74, 6) is -0.202. The Kier molecular flexibility index (Phi) is 4.56. The van der Waals surface area contributed by atoms with Crippen molar-refractivity contribution in [1.82, 2.24) is 0 Å². The van der Waals surface area contributed by atoms with Crippen LogP contribution in [0.1, 0.15) is 22.3 Å². The van der Waals surface area contributed by atoms with Crippen molar-refractivity contribution in [2.24, 2.45) is 26.1 Å². The molecule has 7 nitrogen and oxygen atoms in total. The van der Waals surface area contributed by atoms with Crippen LogP contribution in [0.15, 0.2) is 50.4 Å². The van der Waals surface area contributed by atoms with E-state index >= 15 is 0 Å². The van der Waals surface area contributed by atoms with Gasteiger partial charge >= 0.3 is 6.18 Å². The highest BCUT2D eigenvalue weighted by molar-refractivity contribution is 7.89. The largest absolute Gasteiger partial charge is 0.417 e. The number of aliphatic imine (C=N–C) groups is 1. The first kappa shape index (κ1) is 19.7. The molecule has 0 bridgehead atoms. The number of halogens is 3. The van der Waals surface area contributed by atoms with Crippen LogP contribution in [0, 0.1) is 0 Å². The normalized spacial score (nSPS) is 18.8. The molecule has 0 aromatic heterocycles. The minimum Gasteiger partial charge on any atom is -0.327 e. The van der Waals surface area contributed by atoms with Gasteiger partial charge in [-0.1, -0.05) is 24.3 Å². The van der Waals surface area contributed by atoms with Gasteiger partial charge in [-0.25, -0.2) is 18.5 Å². The standard InChI is InChI=1S/C18H16F3N5O2S/c19-18(20,21)14-4-3-13(10-2-1-9-6-12(22)7-11(9)5-10)15(16(14)29(23,27)28)17-24-8-25-26-17/h1-5,12H,6-8,22H2,(H2,23,27,28). The molecule has 1 unspecified atom stereocenters. The number of nitrogens with two attached hydrogens (primary N) is 2. The van der Waals surface area contributed by atoms with Crippen molar-refractivity contribution < 1.29 is 21.6 Å². The van der Waals surface area contributed by atoms with Gasteiger partial charge in [0.25, 0.3) is 0 Å². The van der Waals surface area contributed by atoms with Crippen molar-refractivity contribution in [2.45, 2.75) is 30.0 Å². The Morgan fingerprint density at radius 1 is 1.07 bits per heavy atom. The zero-order valence-electron chi connectivity index (χ0n) is 14.9. The van der Waals surface area contributed by atoms with Gasteiger partial charge in [0.2, 0.25) is 10.0 Å². The zero-order valence-corrected chi connectivity index (χ0v) is 15.8. The molecule has 1 heterocycles. The van der Waals surface area contributed by atoms with Crippen LogP contribution in [0.2, 0.25) is 0 Å². The molecule has 1 aliphatic heterocycles. The Morgan fingerprint density at radius 2 is 1.79 bits per heavy atom. The van der Waals surface area contributed by atoms with Crippen molar-refractivity contribution in [2.75, 3.05) is 6.67 Å². The van der Waals surface area contributed by atoms with Crippen LogP contribution < -0.4 is 10.9 Å². The molecule has 0 amide bonds. The summed E-state index contributed by atoms with van der Waals surface area (Å²) in [5.41, 5.74) is 7.09. The Morgan fingerprint density at radius 3 is 2.41 bits per heavy atom. The molecule has 29 heavy (non-hydrogen) atoms. The number of alkyl halides is 3. The van der Waals surface area contributed by atoms with Crippen LogP contribution in [0.5, 0.6) is 0 Å². The molecular weight excluding hydrogens is 407 g/mol. The van der Waals surface area contributed by atoms with Crippen LogP contribution in [-0.2, 0) is 29.0 Å². The highest BCUT2D eigenvalue weighted by Gasteiger charge is 2.40. The molecule has 0 radical (unpaired) electrons. The minimum atomic E-state index is -4.93. The highest BCUT2D eigenvalue weighted by Crippen LogP contribution is 2.40. The van der Waals surface area contributed by atoms with Gasteiger partial charge in [-0.05, 0) is 41.2 Å². The molecule has 4 rings (SSSR count). The number of amidine groups is 1. The summed E-state index contributed by atoms with van der Waals surface area (Å²) in [5, 5.41) is 12.6. The maximum Gasteiger partial charge on any atom is 0.417 e. The number of primary sulfonamides is 1. The number of benzene rings is 2. The van der Waals surface area contributed by atoms with E-state index in [1.165, 1.54) is 6.07 Å². The second-order valence-electron chi connectivity index (χ2n) is 6.92. The lowest BCUT2D eigenvalue weighted by molar-refractivity contribution is -0.139. The number of fused-ring (bicyclic) bond motifs is 1. The van der Waals surface area contributed by atoms with Crippen LogP contribution in [0.25, 0.3) is 11.1 Å². The Hall–Kier alpha value is -2.63. The van der Waals surface area contributed by atoms with E-state index in [0.29, 0.717) is 24.5 Å². The van der Waals surface area contributed by atoms with Gasteiger partial charge in [0.15, 0.2) is 12.5 Å². The SMILES string of the molecule is NC1Cc2ccc(-c3ccc(C(F)(F)F)c(S(N)(=O)=O)c3C3=NCN=N3)cc2C1. The van der Waals surface area contributed by atoms with Gasteiger partial charge in [-0.3, -0.25) is 0 Å². The average molecular weight is 423 g/mol. The monoisotopic (exact) mass is 423 g/mol. The number of hydrogen-bond acceptors (Lipinski definition) is 6. The van der Waals surface area contributed by atoms with E-state index in [0.717, 1.165) is 11.1 Å². The summed E-state index contributed by atoms with van der Waals surface area (Å²) in [6.07, 6.45) is -3.60. The maximum absolute atomic E-state index is 13.6. The molecule has 1 aliphatic carbocycles. The van der Waals surface area contributed by atoms with Crippen LogP contribution in [-0.4, -0.2) is 27.0 Å². The molecule has 4 N–H and O–H groups in total. The molecule has 2 aromatic rings. The fraction of sp³-hybridized carbons (Fsp3) is 0.278. The topological polar surface area (TPSA) is 123 Å². The van der Waals surface area contributed by atoms with Crippen LogP contribution in [0.3, 0.4) is 0 Å². The molecular formula is C18H16F3N5O2S. The molecule has 11 heteroatoms. The maximum atomic E-state index is 13.6. The van der Waals surface area contributed by atoms with Gasteiger partial charge in [-0.15, -0.1) is 5.11 Å². The molecule has 0 fully saturated rings. The predicted molar refractivity (Wildman–Crippen MR) is 99.9 cm³/mol. The summed E-state index contributed by atoms with van der Waals surface area (Å²) in [4.78, 5) is 2.89. The van der Waals surface area contributed by atoms with Crippen molar-refractivity contribution in [1.29, 1.82) is 0 Å².